The average molecular weight is 232 g/mol. The summed E-state index contributed by atoms with van der Waals surface area (Å²) >= 11 is 0. The van der Waals surface area contributed by atoms with Gasteiger partial charge in [0, 0.05) is 17.7 Å². The molecule has 1 heterocycles. The Balaban J connectivity index is 1.98. The highest BCUT2D eigenvalue weighted by atomic mass is 16.5. The molecule has 17 heavy (non-hydrogen) atoms. The molecule has 0 saturated carbocycles. The third-order valence-electron chi connectivity index (χ3n) is 2.66. The molecule has 1 unspecified atom stereocenters. The summed E-state index contributed by atoms with van der Waals surface area (Å²) < 4.78 is 5.11. The Morgan fingerprint density at radius 1 is 1.41 bits per heavy atom. The second-order valence-corrected chi connectivity index (χ2v) is 4.10. The average Bonchev–Trinajstić information content (AvgIpc) is 2.73. The van der Waals surface area contributed by atoms with Gasteiger partial charge in [-0.2, -0.15) is 0 Å². The fraction of sp³-hybridized carbons (Fsp3) is 0.308. The molecule has 2 rings (SSSR count). The molecule has 90 valence electrons. The van der Waals surface area contributed by atoms with Crippen molar-refractivity contribution in [3.8, 4) is 5.75 Å². The van der Waals surface area contributed by atoms with E-state index in [2.05, 4.69) is 10.5 Å². The van der Waals surface area contributed by atoms with Gasteiger partial charge in [0.05, 0.1) is 12.2 Å². The zero-order valence-corrected chi connectivity index (χ0v) is 9.97. The van der Waals surface area contributed by atoms with E-state index in [9.17, 15) is 5.11 Å². The highest BCUT2D eigenvalue weighted by Crippen LogP contribution is 2.23. The van der Waals surface area contributed by atoms with Crippen LogP contribution in [0.25, 0.3) is 0 Å². The van der Waals surface area contributed by atoms with Crippen LogP contribution in [0.5, 0.6) is 5.75 Å². The molecule has 0 aliphatic heterocycles. The largest absolute Gasteiger partial charge is 0.508 e. The Morgan fingerprint density at radius 2 is 2.18 bits per heavy atom. The van der Waals surface area contributed by atoms with E-state index in [4.69, 9.17) is 4.52 Å². The summed E-state index contributed by atoms with van der Waals surface area (Å²) in [5, 5.41) is 16.8. The number of nitrogens with zero attached hydrogens (tertiary/aromatic N) is 1. The molecule has 4 heteroatoms. The summed E-state index contributed by atoms with van der Waals surface area (Å²) in [6.45, 7) is 4.48. The fourth-order valence-electron chi connectivity index (χ4n) is 1.72. The maximum absolute atomic E-state index is 9.71. The van der Waals surface area contributed by atoms with E-state index in [1.807, 2.05) is 38.1 Å². The molecule has 4 nitrogen and oxygen atoms in total. The molecule has 0 saturated heterocycles. The van der Waals surface area contributed by atoms with E-state index in [1.54, 1.807) is 6.07 Å². The van der Waals surface area contributed by atoms with Crippen molar-refractivity contribution in [3.63, 3.8) is 0 Å². The minimum Gasteiger partial charge on any atom is -0.508 e. The number of phenolic OH excluding ortho intramolecular Hbond substituents is 1. The number of aromatic hydroxyl groups is 1. The lowest BCUT2D eigenvalue weighted by Crippen LogP contribution is -2.17. The predicted octanol–water partition coefficient (Wildman–Crippen LogP) is 2.54. The molecule has 0 amide bonds. The Morgan fingerprint density at radius 3 is 2.82 bits per heavy atom. The third kappa shape index (κ3) is 2.85. The van der Waals surface area contributed by atoms with E-state index < -0.39 is 0 Å². The predicted molar refractivity (Wildman–Crippen MR) is 64.6 cm³/mol. The monoisotopic (exact) mass is 232 g/mol. The van der Waals surface area contributed by atoms with Crippen molar-refractivity contribution in [1.29, 1.82) is 0 Å². The molecule has 2 aromatic rings. The molecule has 0 bridgehead atoms. The number of nitrogens with one attached hydrogen (secondary N) is 1. The van der Waals surface area contributed by atoms with Gasteiger partial charge in [-0.25, -0.2) is 0 Å². The lowest BCUT2D eigenvalue weighted by atomic mass is 10.1. The van der Waals surface area contributed by atoms with E-state index in [0.717, 1.165) is 17.0 Å². The van der Waals surface area contributed by atoms with Gasteiger partial charge in [-0.05, 0) is 19.9 Å². The van der Waals surface area contributed by atoms with Crippen molar-refractivity contribution < 1.29 is 9.63 Å². The second-order valence-electron chi connectivity index (χ2n) is 4.10. The van der Waals surface area contributed by atoms with Crippen LogP contribution in [0.4, 0.5) is 0 Å². The third-order valence-corrected chi connectivity index (χ3v) is 2.66. The van der Waals surface area contributed by atoms with Crippen molar-refractivity contribution in [2.45, 2.75) is 26.4 Å². The lowest BCUT2D eigenvalue weighted by Gasteiger charge is -2.14. The molecule has 2 N–H and O–H groups in total. The Bertz CT molecular complexity index is 494. The highest BCUT2D eigenvalue weighted by Gasteiger charge is 2.10. The first-order valence-electron chi connectivity index (χ1n) is 5.60. The summed E-state index contributed by atoms with van der Waals surface area (Å²) in [6.07, 6.45) is 0. The number of aryl methyl sites for hydroxylation is 1. The summed E-state index contributed by atoms with van der Waals surface area (Å²) in [5.41, 5.74) is 1.75. The molecule has 1 aromatic heterocycles. The first-order valence-corrected chi connectivity index (χ1v) is 5.60. The standard InChI is InChI=1S/C13H16N2O2/c1-9-7-11(17-15-9)8-14-10(2)12-5-3-4-6-13(12)16/h3-7,10,14,16H,8H2,1-2H3. The summed E-state index contributed by atoms with van der Waals surface area (Å²) in [7, 11) is 0. The molecular weight excluding hydrogens is 216 g/mol. The number of rotatable bonds is 4. The minimum atomic E-state index is 0.0570. The molecular formula is C13H16N2O2. The number of para-hydroxylation sites is 1. The van der Waals surface area contributed by atoms with Gasteiger partial charge >= 0.3 is 0 Å². The van der Waals surface area contributed by atoms with Crippen molar-refractivity contribution in [2.24, 2.45) is 0 Å². The Labute approximate surface area is 100 Å². The van der Waals surface area contributed by atoms with Crippen LogP contribution in [-0.2, 0) is 6.54 Å². The zero-order valence-electron chi connectivity index (χ0n) is 9.97. The smallest absolute Gasteiger partial charge is 0.150 e. The van der Waals surface area contributed by atoms with Crippen LogP contribution in [0, 0.1) is 6.92 Å². The van der Waals surface area contributed by atoms with Gasteiger partial charge in [0.25, 0.3) is 0 Å². The van der Waals surface area contributed by atoms with Gasteiger partial charge < -0.3 is 14.9 Å². The normalized spacial score (nSPS) is 12.6. The topological polar surface area (TPSA) is 58.3 Å². The van der Waals surface area contributed by atoms with Crippen LogP contribution in [0.1, 0.15) is 30.0 Å². The maximum Gasteiger partial charge on any atom is 0.150 e. The summed E-state index contributed by atoms with van der Waals surface area (Å²) in [6, 6.07) is 9.26. The van der Waals surface area contributed by atoms with Gasteiger partial charge in [0.2, 0.25) is 0 Å². The van der Waals surface area contributed by atoms with Gasteiger partial charge in [-0.15, -0.1) is 0 Å². The summed E-state index contributed by atoms with van der Waals surface area (Å²) in [5.74, 6) is 1.10. The number of hydrogen-bond acceptors (Lipinski definition) is 4. The first kappa shape index (κ1) is 11.7. The lowest BCUT2D eigenvalue weighted by molar-refractivity contribution is 0.361. The van der Waals surface area contributed by atoms with Crippen LogP contribution < -0.4 is 5.32 Å². The molecule has 1 atom stereocenters. The number of phenols is 1. The fourth-order valence-corrected chi connectivity index (χ4v) is 1.72. The van der Waals surface area contributed by atoms with E-state index in [1.165, 1.54) is 0 Å². The van der Waals surface area contributed by atoms with Crippen LogP contribution >= 0.6 is 0 Å². The second kappa shape index (κ2) is 5.01. The van der Waals surface area contributed by atoms with Crippen LogP contribution in [-0.4, -0.2) is 10.3 Å². The van der Waals surface area contributed by atoms with E-state index >= 15 is 0 Å². The van der Waals surface area contributed by atoms with Gasteiger partial charge in [-0.1, -0.05) is 23.4 Å². The van der Waals surface area contributed by atoms with Crippen molar-refractivity contribution in [2.75, 3.05) is 0 Å². The van der Waals surface area contributed by atoms with E-state index in [0.29, 0.717) is 12.3 Å². The molecule has 0 aliphatic rings. The zero-order chi connectivity index (χ0) is 12.3. The SMILES string of the molecule is Cc1cc(CNC(C)c2ccccc2O)on1. The Kier molecular flexibility index (Phi) is 3.44. The van der Waals surface area contributed by atoms with Gasteiger partial charge in [0.1, 0.15) is 5.75 Å². The molecule has 0 aliphatic carbocycles. The highest BCUT2D eigenvalue weighted by molar-refractivity contribution is 5.34. The van der Waals surface area contributed by atoms with Crippen molar-refractivity contribution in [3.05, 3.63) is 47.3 Å². The quantitative estimate of drug-likeness (QED) is 0.850. The Hall–Kier alpha value is -1.81. The first-order chi connectivity index (χ1) is 8.16. The number of benzene rings is 1. The van der Waals surface area contributed by atoms with E-state index in [-0.39, 0.29) is 6.04 Å². The summed E-state index contributed by atoms with van der Waals surface area (Å²) in [4.78, 5) is 0. The van der Waals surface area contributed by atoms with Crippen molar-refractivity contribution in [1.82, 2.24) is 10.5 Å². The maximum atomic E-state index is 9.71. The van der Waals surface area contributed by atoms with Gasteiger partial charge in [-0.3, -0.25) is 0 Å². The molecule has 0 fully saturated rings. The number of hydrogen-bond donors (Lipinski definition) is 2. The molecule has 0 radical (unpaired) electrons. The van der Waals surface area contributed by atoms with Gasteiger partial charge in [0.15, 0.2) is 5.76 Å². The molecule has 1 aromatic carbocycles. The minimum absolute atomic E-state index is 0.0570. The van der Waals surface area contributed by atoms with Crippen LogP contribution in [0.15, 0.2) is 34.9 Å². The van der Waals surface area contributed by atoms with Crippen LogP contribution in [0.3, 0.4) is 0 Å². The molecule has 0 spiro atoms. The van der Waals surface area contributed by atoms with Crippen molar-refractivity contribution >= 4 is 0 Å². The number of aromatic nitrogens is 1. The van der Waals surface area contributed by atoms with Crippen LogP contribution in [0.2, 0.25) is 0 Å².